The molecule has 32 heavy (non-hydrogen) atoms. The molecular formula is C23H20FN7O. The van der Waals surface area contributed by atoms with E-state index < -0.39 is 0 Å². The molecule has 0 fully saturated rings. The molecule has 5 rings (SSSR count). The predicted octanol–water partition coefficient (Wildman–Crippen LogP) is 3.99. The van der Waals surface area contributed by atoms with Crippen LogP contribution in [0.1, 0.15) is 18.5 Å². The molecule has 1 aromatic carbocycles. The molecule has 0 radical (unpaired) electrons. The van der Waals surface area contributed by atoms with Crippen LogP contribution in [-0.2, 0) is 0 Å². The lowest BCUT2D eigenvalue weighted by molar-refractivity contribution is 0.400. The van der Waals surface area contributed by atoms with Crippen molar-refractivity contribution in [2.45, 2.75) is 13.0 Å². The molecule has 2 N–H and O–H groups in total. The second kappa shape index (κ2) is 7.77. The summed E-state index contributed by atoms with van der Waals surface area (Å²) in [4.78, 5) is 8.71. The van der Waals surface area contributed by atoms with E-state index in [-0.39, 0.29) is 17.8 Å². The van der Waals surface area contributed by atoms with Crippen molar-refractivity contribution in [2.75, 3.05) is 12.8 Å². The van der Waals surface area contributed by atoms with Crippen molar-refractivity contribution in [3.8, 4) is 28.1 Å². The molecule has 8 nitrogen and oxygen atoms in total. The lowest BCUT2D eigenvalue weighted by Crippen LogP contribution is -2.06. The summed E-state index contributed by atoms with van der Waals surface area (Å²) in [7, 11) is 1.59. The molecule has 0 amide bonds. The highest BCUT2D eigenvalue weighted by Crippen LogP contribution is 2.33. The molecule has 1 atom stereocenters. The van der Waals surface area contributed by atoms with Crippen LogP contribution in [-0.4, -0.2) is 36.5 Å². The zero-order valence-corrected chi connectivity index (χ0v) is 17.5. The molecule has 0 aliphatic rings. The van der Waals surface area contributed by atoms with Crippen LogP contribution in [0.15, 0.2) is 67.3 Å². The van der Waals surface area contributed by atoms with E-state index in [4.69, 9.17) is 10.5 Å². The van der Waals surface area contributed by atoms with Crippen LogP contribution in [0.4, 0.5) is 10.3 Å². The van der Waals surface area contributed by atoms with Gasteiger partial charge in [-0.1, -0.05) is 12.1 Å². The van der Waals surface area contributed by atoms with Gasteiger partial charge in [-0.3, -0.25) is 4.68 Å². The Morgan fingerprint density at radius 1 is 1.03 bits per heavy atom. The normalized spacial score (nSPS) is 12.2. The second-order valence-corrected chi connectivity index (χ2v) is 7.41. The monoisotopic (exact) mass is 429 g/mol. The van der Waals surface area contributed by atoms with Crippen molar-refractivity contribution in [2.24, 2.45) is 0 Å². The molecular weight excluding hydrogens is 409 g/mol. The van der Waals surface area contributed by atoms with Crippen LogP contribution in [0.25, 0.3) is 27.9 Å². The third-order valence-electron chi connectivity index (χ3n) is 5.39. The largest absolute Gasteiger partial charge is 0.481 e. The molecule has 4 heterocycles. The number of ether oxygens (including phenoxy) is 1. The molecule has 0 aliphatic heterocycles. The van der Waals surface area contributed by atoms with Gasteiger partial charge >= 0.3 is 0 Å². The Bertz CT molecular complexity index is 1410. The fraction of sp³-hybridized carbons (Fsp3) is 0.130. The van der Waals surface area contributed by atoms with Crippen molar-refractivity contribution >= 4 is 11.6 Å². The number of nitrogen functional groups attached to an aromatic ring is 1. The number of pyridine rings is 2. The van der Waals surface area contributed by atoms with E-state index >= 15 is 0 Å². The molecule has 0 aliphatic carbocycles. The maximum Gasteiger partial charge on any atom is 0.240 e. The first kappa shape index (κ1) is 19.7. The highest BCUT2D eigenvalue weighted by Gasteiger charge is 2.15. The minimum Gasteiger partial charge on any atom is -0.481 e. The fourth-order valence-corrected chi connectivity index (χ4v) is 3.64. The van der Waals surface area contributed by atoms with Gasteiger partial charge in [0.2, 0.25) is 11.8 Å². The number of hydrogen-bond donors (Lipinski definition) is 1. The van der Waals surface area contributed by atoms with Crippen LogP contribution in [0.3, 0.4) is 0 Å². The first-order chi connectivity index (χ1) is 15.5. The highest BCUT2D eigenvalue weighted by atomic mass is 19.1. The van der Waals surface area contributed by atoms with Crippen LogP contribution >= 0.6 is 0 Å². The molecule has 0 bridgehead atoms. The number of halogens is 1. The maximum absolute atomic E-state index is 13.3. The zero-order chi connectivity index (χ0) is 22.2. The van der Waals surface area contributed by atoms with E-state index in [0.717, 1.165) is 27.8 Å². The topological polar surface area (TPSA) is 96.2 Å². The summed E-state index contributed by atoms with van der Waals surface area (Å²) in [6.45, 7) is 2.01. The van der Waals surface area contributed by atoms with Gasteiger partial charge in [0.15, 0.2) is 5.65 Å². The van der Waals surface area contributed by atoms with Crippen molar-refractivity contribution in [3.05, 3.63) is 78.6 Å². The quantitative estimate of drug-likeness (QED) is 0.454. The Balaban J connectivity index is 1.52. The number of anilines is 1. The van der Waals surface area contributed by atoms with E-state index in [1.807, 2.05) is 36.0 Å². The lowest BCUT2D eigenvalue weighted by atomic mass is 10.0. The third kappa shape index (κ3) is 3.53. The number of nitrogens with zero attached hydrogens (tertiary/aromatic N) is 6. The van der Waals surface area contributed by atoms with Gasteiger partial charge in [-0.25, -0.2) is 13.9 Å². The lowest BCUT2D eigenvalue weighted by Gasteiger charge is -2.12. The molecule has 0 saturated heterocycles. The molecule has 0 spiro atoms. The van der Waals surface area contributed by atoms with E-state index in [1.54, 1.807) is 42.3 Å². The zero-order valence-electron chi connectivity index (χ0n) is 17.5. The second-order valence-electron chi connectivity index (χ2n) is 7.41. The fourth-order valence-electron chi connectivity index (χ4n) is 3.64. The van der Waals surface area contributed by atoms with E-state index in [9.17, 15) is 4.39 Å². The Hall–Kier alpha value is -4.27. The van der Waals surface area contributed by atoms with Gasteiger partial charge < -0.3 is 10.5 Å². The van der Waals surface area contributed by atoms with Gasteiger partial charge in [0.05, 0.1) is 19.3 Å². The first-order valence-corrected chi connectivity index (χ1v) is 9.98. The minimum atomic E-state index is -0.262. The first-order valence-electron chi connectivity index (χ1n) is 9.98. The van der Waals surface area contributed by atoms with Crippen molar-refractivity contribution < 1.29 is 9.13 Å². The molecule has 1 unspecified atom stereocenters. The molecule has 5 aromatic rings. The Labute approximate surface area is 183 Å². The number of methoxy groups -OCH3 is 1. The van der Waals surface area contributed by atoms with Gasteiger partial charge in [0.25, 0.3) is 0 Å². The summed E-state index contributed by atoms with van der Waals surface area (Å²) in [6, 6.07) is 12.2. The van der Waals surface area contributed by atoms with Crippen LogP contribution in [0, 0.1) is 5.82 Å². The smallest absolute Gasteiger partial charge is 0.240 e. The van der Waals surface area contributed by atoms with Crippen molar-refractivity contribution in [1.29, 1.82) is 0 Å². The van der Waals surface area contributed by atoms with E-state index in [2.05, 4.69) is 20.2 Å². The molecule has 4 aromatic heterocycles. The number of benzene rings is 1. The van der Waals surface area contributed by atoms with Gasteiger partial charge in [0.1, 0.15) is 5.82 Å². The van der Waals surface area contributed by atoms with Gasteiger partial charge in [-0.05, 0) is 48.4 Å². The summed E-state index contributed by atoms with van der Waals surface area (Å²) in [6.07, 6.45) is 7.26. The number of aromatic nitrogens is 6. The summed E-state index contributed by atoms with van der Waals surface area (Å²) in [5.41, 5.74) is 10.8. The van der Waals surface area contributed by atoms with Gasteiger partial charge in [0, 0.05) is 35.3 Å². The minimum absolute atomic E-state index is 0.0627. The SMILES string of the molecule is COc1ncc(-c2ccn3nc(N)nc3c2)cc1-c1cnn(C(C)c2ccc(F)cc2)c1. The van der Waals surface area contributed by atoms with Gasteiger partial charge in [-0.15, -0.1) is 5.10 Å². The average molecular weight is 429 g/mol. The Kier molecular flexibility index (Phi) is 4.78. The number of hydrogen-bond acceptors (Lipinski definition) is 6. The predicted molar refractivity (Wildman–Crippen MR) is 119 cm³/mol. The van der Waals surface area contributed by atoms with Crippen LogP contribution < -0.4 is 10.5 Å². The third-order valence-corrected chi connectivity index (χ3v) is 5.39. The van der Waals surface area contributed by atoms with Crippen molar-refractivity contribution in [3.63, 3.8) is 0 Å². The Morgan fingerprint density at radius 2 is 1.84 bits per heavy atom. The van der Waals surface area contributed by atoms with Gasteiger partial charge in [-0.2, -0.15) is 10.1 Å². The Morgan fingerprint density at radius 3 is 2.62 bits per heavy atom. The number of nitrogens with two attached hydrogens (primary N) is 1. The number of fused-ring (bicyclic) bond motifs is 1. The molecule has 160 valence electrons. The summed E-state index contributed by atoms with van der Waals surface area (Å²) in [5, 5.41) is 8.62. The van der Waals surface area contributed by atoms with E-state index in [1.165, 1.54) is 12.1 Å². The highest BCUT2D eigenvalue weighted by molar-refractivity contribution is 5.76. The summed E-state index contributed by atoms with van der Waals surface area (Å²) < 4.78 is 22.2. The van der Waals surface area contributed by atoms with Crippen LogP contribution in [0.2, 0.25) is 0 Å². The number of rotatable bonds is 5. The summed E-state index contributed by atoms with van der Waals surface area (Å²) >= 11 is 0. The average Bonchev–Trinajstić information content (AvgIpc) is 3.44. The van der Waals surface area contributed by atoms with E-state index in [0.29, 0.717) is 11.5 Å². The standard InChI is InChI=1S/C23H20FN7O/c1-14(15-3-5-19(24)6-4-15)31-13-18(12-27-31)20-9-17(11-26-22(20)32-2)16-7-8-30-21(10-16)28-23(25)29-30/h3-14H,1-2H3,(H2,25,29). The van der Waals surface area contributed by atoms with Crippen LogP contribution in [0.5, 0.6) is 5.88 Å². The molecule has 9 heteroatoms. The maximum atomic E-state index is 13.3. The molecule has 0 saturated carbocycles. The van der Waals surface area contributed by atoms with Crippen molar-refractivity contribution in [1.82, 2.24) is 29.4 Å². The summed E-state index contributed by atoms with van der Waals surface area (Å²) in [5.74, 6) is 0.454.